The van der Waals surface area contributed by atoms with Gasteiger partial charge in [-0.1, -0.05) is 35.1 Å². The van der Waals surface area contributed by atoms with Crippen molar-refractivity contribution in [1.29, 1.82) is 0 Å². The van der Waals surface area contributed by atoms with Crippen molar-refractivity contribution in [3.8, 4) is 0 Å². The summed E-state index contributed by atoms with van der Waals surface area (Å²) >= 11 is 9.10. The predicted octanol–water partition coefficient (Wildman–Crippen LogP) is 4.65. The smallest absolute Gasteiger partial charge is 0.289 e. The number of nitrogens with zero attached hydrogens (tertiary/aromatic N) is 2. The molecule has 3 aromatic rings. The molecule has 0 N–H and O–H groups in total. The van der Waals surface area contributed by atoms with Gasteiger partial charge in [-0.15, -0.1) is 17.9 Å². The van der Waals surface area contributed by atoms with E-state index in [1.54, 1.807) is 12.1 Å². The fourth-order valence-electron chi connectivity index (χ4n) is 2.24. The van der Waals surface area contributed by atoms with Crippen LogP contribution in [0.3, 0.4) is 0 Å². The van der Waals surface area contributed by atoms with E-state index >= 15 is 0 Å². The highest BCUT2D eigenvalue weighted by molar-refractivity contribution is 7.16. The number of carbonyl (C=O) groups excluding carboxylic acids is 1. The number of aromatic nitrogens is 1. The van der Waals surface area contributed by atoms with Gasteiger partial charge in [0.15, 0.2) is 4.80 Å². The van der Waals surface area contributed by atoms with Gasteiger partial charge in [0.1, 0.15) is 0 Å². The Morgan fingerprint density at radius 1 is 1.45 bits per heavy atom. The highest BCUT2D eigenvalue weighted by Crippen LogP contribution is 2.27. The molecule has 1 amide bonds. The first-order valence-corrected chi connectivity index (χ1v) is 8.71. The number of aryl methyl sites for hydroxylation is 1. The molecule has 0 radical (unpaired) electrons. The maximum absolute atomic E-state index is 12.2. The van der Waals surface area contributed by atoms with E-state index in [1.165, 1.54) is 22.7 Å². The van der Waals surface area contributed by atoms with Crippen LogP contribution >= 0.6 is 34.3 Å². The van der Waals surface area contributed by atoms with E-state index in [2.05, 4.69) is 11.6 Å². The SMILES string of the molecule is C=CCn1c(=NC(=O)c2cccs2)sc2ccc(Cl)c(C)c21. The molecule has 0 bridgehead atoms. The molecule has 6 heteroatoms. The first kappa shape index (κ1) is 15.2. The van der Waals surface area contributed by atoms with Gasteiger partial charge in [0.2, 0.25) is 0 Å². The number of benzene rings is 1. The van der Waals surface area contributed by atoms with Crippen molar-refractivity contribution in [2.75, 3.05) is 0 Å². The average Bonchev–Trinajstić information content (AvgIpc) is 3.13. The second kappa shape index (κ2) is 6.20. The van der Waals surface area contributed by atoms with Gasteiger partial charge in [-0.25, -0.2) is 0 Å². The first-order valence-electron chi connectivity index (χ1n) is 6.63. The van der Waals surface area contributed by atoms with Crippen molar-refractivity contribution in [1.82, 2.24) is 4.57 Å². The van der Waals surface area contributed by atoms with Crippen LogP contribution in [0.4, 0.5) is 0 Å². The Kier molecular flexibility index (Phi) is 4.29. The number of amides is 1. The van der Waals surface area contributed by atoms with Gasteiger partial charge in [0, 0.05) is 11.6 Å². The normalized spacial score (nSPS) is 12.0. The third-order valence-corrected chi connectivity index (χ3v) is 5.58. The summed E-state index contributed by atoms with van der Waals surface area (Å²) in [4.78, 5) is 17.8. The molecule has 112 valence electrons. The summed E-state index contributed by atoms with van der Waals surface area (Å²) in [6.07, 6.45) is 1.79. The third kappa shape index (κ3) is 2.67. The van der Waals surface area contributed by atoms with Crippen LogP contribution in [0.5, 0.6) is 0 Å². The Morgan fingerprint density at radius 3 is 2.95 bits per heavy atom. The fourth-order valence-corrected chi connectivity index (χ4v) is 4.10. The quantitative estimate of drug-likeness (QED) is 0.634. The van der Waals surface area contributed by atoms with Crippen molar-refractivity contribution in [3.05, 3.63) is 62.6 Å². The number of hydrogen-bond donors (Lipinski definition) is 0. The number of thiophene rings is 1. The van der Waals surface area contributed by atoms with Gasteiger partial charge in [-0.3, -0.25) is 4.79 Å². The second-order valence-electron chi connectivity index (χ2n) is 4.70. The molecule has 3 nitrogen and oxygen atoms in total. The van der Waals surface area contributed by atoms with Gasteiger partial charge in [0.25, 0.3) is 5.91 Å². The molecule has 2 aromatic heterocycles. The molecule has 22 heavy (non-hydrogen) atoms. The van der Waals surface area contributed by atoms with Crippen molar-refractivity contribution in [2.45, 2.75) is 13.5 Å². The van der Waals surface area contributed by atoms with Crippen LogP contribution in [0.1, 0.15) is 15.2 Å². The fraction of sp³-hybridized carbons (Fsp3) is 0.125. The van der Waals surface area contributed by atoms with Crippen LogP contribution < -0.4 is 4.80 Å². The summed E-state index contributed by atoms with van der Waals surface area (Å²) < 4.78 is 3.04. The number of hydrogen-bond acceptors (Lipinski definition) is 3. The van der Waals surface area contributed by atoms with E-state index < -0.39 is 0 Å². The van der Waals surface area contributed by atoms with E-state index in [4.69, 9.17) is 11.6 Å². The number of carbonyl (C=O) groups is 1. The molecule has 3 rings (SSSR count). The Hall–Kier alpha value is -1.69. The number of halogens is 1. The summed E-state index contributed by atoms with van der Waals surface area (Å²) in [5.74, 6) is -0.219. The van der Waals surface area contributed by atoms with Crippen molar-refractivity contribution >= 4 is 50.4 Å². The van der Waals surface area contributed by atoms with Gasteiger partial charge in [-0.2, -0.15) is 4.99 Å². The largest absolute Gasteiger partial charge is 0.312 e. The van der Waals surface area contributed by atoms with Crippen molar-refractivity contribution in [3.63, 3.8) is 0 Å². The minimum Gasteiger partial charge on any atom is -0.312 e. The highest BCUT2D eigenvalue weighted by atomic mass is 35.5. The van der Waals surface area contributed by atoms with Gasteiger partial charge < -0.3 is 4.57 Å². The molecule has 0 unspecified atom stereocenters. The van der Waals surface area contributed by atoms with Crippen LogP contribution in [-0.4, -0.2) is 10.5 Å². The van der Waals surface area contributed by atoms with E-state index in [9.17, 15) is 4.79 Å². The average molecular weight is 349 g/mol. The van der Waals surface area contributed by atoms with Gasteiger partial charge >= 0.3 is 0 Å². The minimum absolute atomic E-state index is 0.219. The van der Waals surface area contributed by atoms with Gasteiger partial charge in [0.05, 0.1) is 15.1 Å². The second-order valence-corrected chi connectivity index (χ2v) is 7.06. The number of allylic oxidation sites excluding steroid dienone is 1. The molecule has 1 aromatic carbocycles. The third-order valence-electron chi connectivity index (χ3n) is 3.27. The number of rotatable bonds is 3. The first-order chi connectivity index (χ1) is 10.6. The minimum atomic E-state index is -0.219. The lowest BCUT2D eigenvalue weighted by Crippen LogP contribution is -2.16. The van der Waals surface area contributed by atoms with Crippen molar-refractivity contribution in [2.24, 2.45) is 4.99 Å². The predicted molar refractivity (Wildman–Crippen MR) is 94.0 cm³/mol. The van der Waals surface area contributed by atoms with Crippen LogP contribution in [0.25, 0.3) is 10.2 Å². The van der Waals surface area contributed by atoms with E-state index in [-0.39, 0.29) is 5.91 Å². The van der Waals surface area contributed by atoms with E-state index in [0.29, 0.717) is 21.2 Å². The molecule has 0 atom stereocenters. The molecule has 0 saturated carbocycles. The number of fused-ring (bicyclic) bond motifs is 1. The zero-order chi connectivity index (χ0) is 15.7. The van der Waals surface area contributed by atoms with E-state index in [1.807, 2.05) is 35.1 Å². The lowest BCUT2D eigenvalue weighted by atomic mass is 10.2. The Labute approximate surface area is 140 Å². The summed E-state index contributed by atoms with van der Waals surface area (Å²) in [5.41, 5.74) is 2.00. The Balaban J connectivity index is 2.25. The molecule has 0 saturated heterocycles. The zero-order valence-corrected chi connectivity index (χ0v) is 14.3. The lowest BCUT2D eigenvalue weighted by molar-refractivity contribution is 0.100. The zero-order valence-electron chi connectivity index (χ0n) is 11.9. The summed E-state index contributed by atoms with van der Waals surface area (Å²) in [6.45, 7) is 6.35. The maximum atomic E-state index is 12.2. The molecule has 0 aliphatic heterocycles. The highest BCUT2D eigenvalue weighted by Gasteiger charge is 2.12. The Morgan fingerprint density at radius 2 is 2.27 bits per heavy atom. The molecule has 0 spiro atoms. The molecule has 0 aliphatic carbocycles. The standard InChI is InChI=1S/C16H13ClN2OS2/c1-3-8-19-14-10(2)11(17)6-7-12(14)22-16(19)18-15(20)13-5-4-9-21-13/h3-7,9H,1,8H2,2H3. The van der Waals surface area contributed by atoms with E-state index in [0.717, 1.165) is 15.8 Å². The Bertz CT molecular complexity index is 920. The lowest BCUT2D eigenvalue weighted by Gasteiger charge is -2.05. The van der Waals surface area contributed by atoms with Crippen LogP contribution in [0.2, 0.25) is 5.02 Å². The molecule has 2 heterocycles. The summed E-state index contributed by atoms with van der Waals surface area (Å²) in [5, 5.41) is 2.58. The molecule has 0 fully saturated rings. The summed E-state index contributed by atoms with van der Waals surface area (Å²) in [7, 11) is 0. The molecule has 0 aliphatic rings. The van der Waals surface area contributed by atoms with Crippen molar-refractivity contribution < 1.29 is 4.79 Å². The van der Waals surface area contributed by atoms with Crippen LogP contribution in [0, 0.1) is 6.92 Å². The maximum Gasteiger partial charge on any atom is 0.289 e. The van der Waals surface area contributed by atoms with Gasteiger partial charge in [-0.05, 0) is 36.1 Å². The molecular formula is C16H13ClN2OS2. The monoisotopic (exact) mass is 348 g/mol. The number of thiazole rings is 1. The van der Waals surface area contributed by atoms with Crippen LogP contribution in [-0.2, 0) is 6.54 Å². The van der Waals surface area contributed by atoms with Crippen LogP contribution in [0.15, 0.2) is 47.3 Å². The summed E-state index contributed by atoms with van der Waals surface area (Å²) in [6, 6.07) is 7.46. The molecular weight excluding hydrogens is 336 g/mol. The topological polar surface area (TPSA) is 34.4 Å².